The van der Waals surface area contributed by atoms with Crippen LogP contribution in [0.5, 0.6) is 11.5 Å². The molecule has 0 N–H and O–H groups in total. The van der Waals surface area contributed by atoms with Gasteiger partial charge < -0.3 is 19.1 Å². The van der Waals surface area contributed by atoms with E-state index in [1.807, 2.05) is 18.7 Å². The number of rotatable bonds is 7. The summed E-state index contributed by atoms with van der Waals surface area (Å²) >= 11 is 0. The molecule has 1 aliphatic rings. The van der Waals surface area contributed by atoms with Gasteiger partial charge >= 0.3 is 5.97 Å². The lowest BCUT2D eigenvalue weighted by molar-refractivity contribution is -0.146. The van der Waals surface area contributed by atoms with E-state index in [2.05, 4.69) is 13.8 Å². The molecule has 1 fully saturated rings. The number of carbonyl (C=O) groups excluding carboxylic acids is 2. The largest absolute Gasteiger partial charge is 0.493 e. The van der Waals surface area contributed by atoms with Crippen molar-refractivity contribution in [3.05, 3.63) is 23.8 Å². The molecule has 156 valence electrons. The second-order valence-electron chi connectivity index (χ2n) is 7.99. The summed E-state index contributed by atoms with van der Waals surface area (Å²) in [7, 11) is 1.53. The molecule has 0 aromatic heterocycles. The summed E-state index contributed by atoms with van der Waals surface area (Å²) in [6.45, 7) is 10.4. The van der Waals surface area contributed by atoms with Crippen LogP contribution < -0.4 is 9.47 Å². The molecule has 28 heavy (non-hydrogen) atoms. The van der Waals surface area contributed by atoms with Gasteiger partial charge in [0.25, 0.3) is 5.91 Å². The van der Waals surface area contributed by atoms with Crippen LogP contribution in [0.15, 0.2) is 18.2 Å². The molecule has 0 saturated carbocycles. The zero-order valence-corrected chi connectivity index (χ0v) is 17.9. The Kier molecular flexibility index (Phi) is 7.72. The number of amides is 1. The number of piperidine rings is 1. The van der Waals surface area contributed by atoms with Crippen molar-refractivity contribution in [2.45, 2.75) is 72.1 Å². The smallest absolute Gasteiger partial charge is 0.339 e. The third-order valence-electron chi connectivity index (χ3n) is 5.05. The van der Waals surface area contributed by atoms with Gasteiger partial charge in [0.05, 0.1) is 19.3 Å². The molecule has 0 unspecified atom stereocenters. The van der Waals surface area contributed by atoms with Crippen molar-refractivity contribution < 1.29 is 23.8 Å². The number of likely N-dealkylation sites (tertiary alicyclic amines) is 1. The number of hydrogen-bond donors (Lipinski definition) is 0. The van der Waals surface area contributed by atoms with Gasteiger partial charge in [-0.1, -0.05) is 13.8 Å². The first-order valence-corrected chi connectivity index (χ1v) is 10.1. The highest BCUT2D eigenvalue weighted by Crippen LogP contribution is 2.29. The van der Waals surface area contributed by atoms with Crippen molar-refractivity contribution >= 4 is 11.9 Å². The summed E-state index contributed by atoms with van der Waals surface area (Å²) in [4.78, 5) is 27.2. The van der Waals surface area contributed by atoms with Gasteiger partial charge in [-0.3, -0.25) is 4.79 Å². The van der Waals surface area contributed by atoms with Gasteiger partial charge in [-0.15, -0.1) is 0 Å². The second kappa shape index (κ2) is 9.80. The fraction of sp³-hybridized carbons (Fsp3) is 0.636. The van der Waals surface area contributed by atoms with E-state index in [1.54, 1.807) is 25.1 Å². The molecule has 1 heterocycles. The standard InChI is InChI=1S/C22H33NO5/c1-14(2)13-27-19-11-10-18(12-20(19)26-6)22(25)28-17(5)21(24)23-15(3)8-7-9-16(23)4/h10-12,14-17H,7-9,13H2,1-6H3/t15-,16+,17-/m1/s1. The van der Waals surface area contributed by atoms with Crippen LogP contribution in [0, 0.1) is 5.92 Å². The lowest BCUT2D eigenvalue weighted by Gasteiger charge is -2.40. The zero-order chi connectivity index (χ0) is 20.8. The Labute approximate surface area is 168 Å². The Morgan fingerprint density at radius 1 is 1.11 bits per heavy atom. The first-order valence-electron chi connectivity index (χ1n) is 10.1. The van der Waals surface area contributed by atoms with E-state index < -0.39 is 12.1 Å². The van der Waals surface area contributed by atoms with Gasteiger partial charge in [0.15, 0.2) is 17.6 Å². The first-order chi connectivity index (χ1) is 13.2. The van der Waals surface area contributed by atoms with E-state index in [-0.39, 0.29) is 18.0 Å². The van der Waals surface area contributed by atoms with Gasteiger partial charge in [-0.2, -0.15) is 0 Å². The van der Waals surface area contributed by atoms with Crippen LogP contribution in [0.3, 0.4) is 0 Å². The van der Waals surface area contributed by atoms with Gasteiger partial charge in [0.2, 0.25) is 0 Å². The fourth-order valence-electron chi connectivity index (χ4n) is 3.51. The highest BCUT2D eigenvalue weighted by Gasteiger charge is 2.33. The molecule has 1 aromatic carbocycles. The molecule has 6 nitrogen and oxygen atoms in total. The minimum atomic E-state index is -0.835. The van der Waals surface area contributed by atoms with Crippen molar-refractivity contribution in [1.29, 1.82) is 0 Å². The Morgan fingerprint density at radius 3 is 2.32 bits per heavy atom. The Balaban J connectivity index is 2.06. The number of methoxy groups -OCH3 is 1. The molecule has 2 rings (SSSR count). The fourth-order valence-corrected chi connectivity index (χ4v) is 3.51. The first kappa shape index (κ1) is 22.1. The maximum absolute atomic E-state index is 12.8. The van der Waals surface area contributed by atoms with Crippen molar-refractivity contribution in [1.82, 2.24) is 4.90 Å². The van der Waals surface area contributed by atoms with Crippen LogP contribution in [0.2, 0.25) is 0 Å². The highest BCUT2D eigenvalue weighted by molar-refractivity contribution is 5.93. The van der Waals surface area contributed by atoms with E-state index in [1.165, 1.54) is 7.11 Å². The lowest BCUT2D eigenvalue weighted by Crippen LogP contribution is -2.51. The number of benzene rings is 1. The molecule has 0 bridgehead atoms. The van der Waals surface area contributed by atoms with Crippen LogP contribution in [0.1, 0.15) is 64.2 Å². The number of carbonyl (C=O) groups is 2. The van der Waals surface area contributed by atoms with Gasteiger partial charge in [-0.05, 0) is 64.2 Å². The van der Waals surface area contributed by atoms with E-state index >= 15 is 0 Å². The monoisotopic (exact) mass is 391 g/mol. The van der Waals surface area contributed by atoms with Gasteiger partial charge in [0, 0.05) is 12.1 Å². The van der Waals surface area contributed by atoms with Crippen LogP contribution in [0.25, 0.3) is 0 Å². The van der Waals surface area contributed by atoms with Gasteiger partial charge in [-0.25, -0.2) is 4.79 Å². The topological polar surface area (TPSA) is 65.1 Å². The second-order valence-corrected chi connectivity index (χ2v) is 7.99. The number of esters is 1. The normalized spacial score (nSPS) is 20.6. The summed E-state index contributed by atoms with van der Waals surface area (Å²) in [6, 6.07) is 5.23. The van der Waals surface area contributed by atoms with Crippen LogP contribution in [-0.2, 0) is 9.53 Å². The average molecular weight is 392 g/mol. The summed E-state index contributed by atoms with van der Waals surface area (Å²) < 4.78 is 16.5. The molecule has 3 atom stereocenters. The molecule has 6 heteroatoms. The third kappa shape index (κ3) is 5.40. The van der Waals surface area contributed by atoms with Crippen molar-refractivity contribution in [2.75, 3.05) is 13.7 Å². The van der Waals surface area contributed by atoms with Crippen molar-refractivity contribution in [2.24, 2.45) is 5.92 Å². The molecule has 0 radical (unpaired) electrons. The number of nitrogens with zero attached hydrogens (tertiary/aromatic N) is 1. The lowest BCUT2D eigenvalue weighted by atomic mass is 9.97. The molecular formula is C22H33NO5. The molecule has 0 aliphatic carbocycles. The third-order valence-corrected chi connectivity index (χ3v) is 5.05. The van der Waals surface area contributed by atoms with E-state index in [0.29, 0.717) is 29.6 Å². The molecule has 0 spiro atoms. The minimum absolute atomic E-state index is 0.142. The quantitative estimate of drug-likeness (QED) is 0.656. The summed E-state index contributed by atoms with van der Waals surface area (Å²) in [5.41, 5.74) is 0.327. The highest BCUT2D eigenvalue weighted by atomic mass is 16.5. The van der Waals surface area contributed by atoms with E-state index in [0.717, 1.165) is 19.3 Å². The molecular weight excluding hydrogens is 358 g/mol. The molecule has 1 saturated heterocycles. The Bertz CT molecular complexity index is 678. The summed E-state index contributed by atoms with van der Waals surface area (Å²) in [6.07, 6.45) is 2.24. The minimum Gasteiger partial charge on any atom is -0.493 e. The van der Waals surface area contributed by atoms with Gasteiger partial charge in [0.1, 0.15) is 0 Å². The van der Waals surface area contributed by atoms with Crippen molar-refractivity contribution in [3.63, 3.8) is 0 Å². The maximum Gasteiger partial charge on any atom is 0.339 e. The molecule has 1 aromatic rings. The van der Waals surface area contributed by atoms with Crippen LogP contribution in [-0.4, -0.2) is 48.7 Å². The van der Waals surface area contributed by atoms with Crippen molar-refractivity contribution in [3.8, 4) is 11.5 Å². The molecule has 1 aliphatic heterocycles. The summed E-state index contributed by atoms with van der Waals surface area (Å²) in [5.74, 6) is 0.727. The maximum atomic E-state index is 12.8. The Morgan fingerprint density at radius 2 is 1.75 bits per heavy atom. The van der Waals surface area contributed by atoms with E-state index in [9.17, 15) is 9.59 Å². The van der Waals surface area contributed by atoms with E-state index in [4.69, 9.17) is 14.2 Å². The zero-order valence-electron chi connectivity index (χ0n) is 17.9. The number of ether oxygens (including phenoxy) is 3. The predicted octanol–water partition coefficient (Wildman–Crippen LogP) is 4.06. The summed E-state index contributed by atoms with van der Waals surface area (Å²) in [5, 5.41) is 0. The SMILES string of the molecule is COc1cc(C(=O)O[C@H](C)C(=O)N2[C@H](C)CCC[C@@H]2C)ccc1OCC(C)C. The predicted molar refractivity (Wildman–Crippen MR) is 108 cm³/mol. The number of hydrogen-bond acceptors (Lipinski definition) is 5. The molecule has 1 amide bonds. The Hall–Kier alpha value is -2.24. The van der Waals surface area contributed by atoms with Crippen LogP contribution >= 0.6 is 0 Å². The average Bonchev–Trinajstić information content (AvgIpc) is 2.65. The van der Waals surface area contributed by atoms with Crippen LogP contribution in [0.4, 0.5) is 0 Å².